The number of halogens is 1. The Bertz CT molecular complexity index is 985. The number of nitrogens with two attached hydrogens (primary N) is 1. The zero-order chi connectivity index (χ0) is 23.3. The summed E-state index contributed by atoms with van der Waals surface area (Å²) in [5.41, 5.74) is 6.01. The number of carbonyl (C=O) groups is 1. The molecule has 10 heteroatoms. The van der Waals surface area contributed by atoms with Gasteiger partial charge >= 0.3 is 5.97 Å². The summed E-state index contributed by atoms with van der Waals surface area (Å²) in [6, 6.07) is 0. The summed E-state index contributed by atoms with van der Waals surface area (Å²) < 4.78 is 56.5. The van der Waals surface area contributed by atoms with E-state index in [1.54, 1.807) is 13.8 Å². The largest absolute Gasteiger partial charge is 0.463 e. The van der Waals surface area contributed by atoms with E-state index in [1.807, 2.05) is 0 Å². The van der Waals surface area contributed by atoms with E-state index in [0.717, 1.165) is 0 Å². The molecule has 0 radical (unpaired) electrons. The van der Waals surface area contributed by atoms with E-state index in [-0.39, 0.29) is 22.3 Å². The molecule has 2 N–H and O–H groups in total. The minimum Gasteiger partial charge on any atom is -0.463 e. The number of ether oxygens (including phenoxy) is 3. The highest BCUT2D eigenvalue weighted by atomic mass is 35.5. The van der Waals surface area contributed by atoms with Gasteiger partial charge in [-0.1, -0.05) is 32.4 Å². The van der Waals surface area contributed by atoms with Crippen molar-refractivity contribution in [2.45, 2.75) is 39.2 Å². The van der Waals surface area contributed by atoms with Crippen molar-refractivity contribution in [3.05, 3.63) is 11.5 Å². The maximum Gasteiger partial charge on any atom is 0.308 e. The minimum absolute atomic E-state index is 0.0154. The number of hydrogen-bond acceptors (Lipinski definition) is 8. The van der Waals surface area contributed by atoms with Crippen molar-refractivity contribution in [2.75, 3.05) is 19.3 Å². The van der Waals surface area contributed by atoms with E-state index >= 15 is 0 Å². The van der Waals surface area contributed by atoms with Gasteiger partial charge in [-0.25, -0.2) is 4.98 Å². The van der Waals surface area contributed by atoms with E-state index in [1.165, 1.54) is 17.8 Å². The fourth-order valence-electron chi connectivity index (χ4n) is 2.63. The highest BCUT2D eigenvalue weighted by molar-refractivity contribution is 6.33. The number of rotatable bonds is 5. The average molecular weight is 389 g/mol. The number of methoxy groups -OCH3 is 1. The molecule has 4 atom stereocenters. The molecule has 3 heterocycles. The van der Waals surface area contributed by atoms with Gasteiger partial charge in [-0.05, 0) is 0 Å². The van der Waals surface area contributed by atoms with Crippen LogP contribution in [0.15, 0.2) is 6.33 Å². The zero-order valence-electron chi connectivity index (χ0n) is 19.3. The van der Waals surface area contributed by atoms with Crippen molar-refractivity contribution >= 4 is 34.7 Å². The summed E-state index contributed by atoms with van der Waals surface area (Å²) in [6.45, 7) is 2.10. The zero-order valence-corrected chi connectivity index (χ0v) is 15.1. The predicted octanol–water partition coefficient (Wildman–Crippen LogP) is 1.81. The van der Waals surface area contributed by atoms with Gasteiger partial charge in [0.05, 0.1) is 25.2 Å². The predicted molar refractivity (Wildman–Crippen MR) is 94.4 cm³/mol. The Morgan fingerprint density at radius 2 is 2.35 bits per heavy atom. The second-order valence-corrected chi connectivity index (χ2v) is 6.64. The molecule has 0 spiro atoms. The van der Waals surface area contributed by atoms with Gasteiger partial charge in [0.25, 0.3) is 0 Å². The van der Waals surface area contributed by atoms with Gasteiger partial charge in [0.15, 0.2) is 17.0 Å². The monoisotopic (exact) mass is 388 g/mol. The number of anilines is 1. The standard InChI is InChI=1S/C16H22ClN5O4/c1-7(2)15(23)25-5-9-8(3)11(24-4)14(26-9)22-6-19-10-12(17)20-16(18)21-13(10)22/h6-9,11,14H,5H2,1-4H3,(H2,18,20,21)/t8-,9-,11-,14-/m1/s1/i4D3,5D2. The lowest BCUT2D eigenvalue weighted by Crippen LogP contribution is -2.29. The number of aromatic nitrogens is 4. The van der Waals surface area contributed by atoms with E-state index in [9.17, 15) is 4.79 Å². The molecule has 26 heavy (non-hydrogen) atoms. The van der Waals surface area contributed by atoms with Gasteiger partial charge in [-0.2, -0.15) is 9.97 Å². The second kappa shape index (κ2) is 7.34. The van der Waals surface area contributed by atoms with Crippen LogP contribution in [0.25, 0.3) is 11.2 Å². The summed E-state index contributed by atoms with van der Waals surface area (Å²) in [5.74, 6) is -2.32. The van der Waals surface area contributed by atoms with Gasteiger partial charge in [-0.15, -0.1) is 0 Å². The SMILES string of the molecule is [2H]C([2H])([2H])O[C@@H]1[C@H](C)[C@@H](C([2H])([2H])OC(=O)C(C)C)O[C@H]1n1cnc2c(Cl)nc(N)nc21. The van der Waals surface area contributed by atoms with E-state index < -0.39 is 49.8 Å². The maximum absolute atomic E-state index is 12.0. The summed E-state index contributed by atoms with van der Waals surface area (Å²) in [4.78, 5) is 24.0. The lowest BCUT2D eigenvalue weighted by molar-refractivity contribution is -0.152. The molecule has 0 aromatic carbocycles. The molecule has 1 aliphatic heterocycles. The molecular weight excluding hydrogens is 362 g/mol. The molecule has 1 saturated heterocycles. The molecule has 0 saturated carbocycles. The van der Waals surface area contributed by atoms with Crippen LogP contribution in [0.5, 0.6) is 0 Å². The normalized spacial score (nSPS) is 29.8. The van der Waals surface area contributed by atoms with Crippen LogP contribution in [-0.2, 0) is 19.0 Å². The molecular formula is C16H22ClN5O4. The van der Waals surface area contributed by atoms with Crippen LogP contribution >= 0.6 is 11.6 Å². The summed E-state index contributed by atoms with van der Waals surface area (Å²) in [7, 11) is -2.81. The Hall–Kier alpha value is -1.97. The van der Waals surface area contributed by atoms with Crippen molar-refractivity contribution in [2.24, 2.45) is 11.8 Å². The molecule has 1 fully saturated rings. The minimum atomic E-state index is -2.81. The maximum atomic E-state index is 12.0. The Morgan fingerprint density at radius 3 is 3.04 bits per heavy atom. The number of nitrogens with zero attached hydrogens (tertiary/aromatic N) is 4. The molecule has 2 aromatic heterocycles. The fourth-order valence-corrected chi connectivity index (χ4v) is 2.85. The van der Waals surface area contributed by atoms with Crippen molar-refractivity contribution in [3.8, 4) is 0 Å². The van der Waals surface area contributed by atoms with Gasteiger partial charge in [0, 0.05) is 13.0 Å². The van der Waals surface area contributed by atoms with Crippen LogP contribution in [0.4, 0.5) is 5.95 Å². The summed E-state index contributed by atoms with van der Waals surface area (Å²) in [5, 5.41) is -0.0154. The Balaban J connectivity index is 2.03. The highest BCUT2D eigenvalue weighted by Crippen LogP contribution is 2.37. The summed E-state index contributed by atoms with van der Waals surface area (Å²) >= 11 is 6.06. The van der Waals surface area contributed by atoms with Crippen LogP contribution in [0.3, 0.4) is 0 Å². The lowest BCUT2D eigenvalue weighted by atomic mass is 10.0. The molecule has 0 aliphatic carbocycles. The smallest absolute Gasteiger partial charge is 0.308 e. The van der Waals surface area contributed by atoms with Crippen molar-refractivity contribution in [3.63, 3.8) is 0 Å². The van der Waals surface area contributed by atoms with Crippen LogP contribution in [0, 0.1) is 11.8 Å². The third-order valence-corrected chi connectivity index (χ3v) is 4.38. The van der Waals surface area contributed by atoms with Crippen molar-refractivity contribution in [1.29, 1.82) is 0 Å². The van der Waals surface area contributed by atoms with E-state index in [0.29, 0.717) is 0 Å². The number of imidazole rings is 1. The van der Waals surface area contributed by atoms with E-state index in [4.69, 9.17) is 38.4 Å². The first-order valence-electron chi connectivity index (χ1n) is 10.4. The average Bonchev–Trinajstić information content (AvgIpc) is 3.15. The van der Waals surface area contributed by atoms with Gasteiger partial charge in [0.1, 0.15) is 18.2 Å². The molecule has 0 amide bonds. The van der Waals surface area contributed by atoms with E-state index in [2.05, 4.69) is 15.0 Å². The third-order valence-electron chi connectivity index (χ3n) is 4.12. The van der Waals surface area contributed by atoms with Gasteiger partial charge in [0.2, 0.25) is 5.95 Å². The van der Waals surface area contributed by atoms with Gasteiger partial charge < -0.3 is 19.9 Å². The Kier molecular flexibility index (Phi) is 3.74. The van der Waals surface area contributed by atoms with Crippen molar-refractivity contribution < 1.29 is 25.9 Å². The van der Waals surface area contributed by atoms with Crippen LogP contribution in [-0.4, -0.2) is 51.3 Å². The lowest BCUT2D eigenvalue weighted by Gasteiger charge is -2.20. The Labute approximate surface area is 162 Å². The third kappa shape index (κ3) is 3.34. The fraction of sp³-hybridized carbons (Fsp3) is 0.625. The van der Waals surface area contributed by atoms with Crippen molar-refractivity contribution in [1.82, 2.24) is 19.5 Å². The topological polar surface area (TPSA) is 114 Å². The number of carbonyl (C=O) groups excluding carboxylic acids is 1. The quantitative estimate of drug-likeness (QED) is 0.609. The molecule has 3 rings (SSSR count). The number of esters is 1. The summed E-state index contributed by atoms with van der Waals surface area (Å²) in [6.07, 6.45) is -2.41. The molecule has 0 bridgehead atoms. The van der Waals surface area contributed by atoms with Crippen LogP contribution < -0.4 is 5.73 Å². The molecule has 142 valence electrons. The number of hydrogen-bond donors (Lipinski definition) is 1. The molecule has 2 aromatic rings. The van der Waals surface area contributed by atoms with Crippen LogP contribution in [0.2, 0.25) is 5.15 Å². The molecule has 1 aliphatic rings. The molecule has 9 nitrogen and oxygen atoms in total. The van der Waals surface area contributed by atoms with Crippen LogP contribution in [0.1, 0.15) is 33.9 Å². The second-order valence-electron chi connectivity index (χ2n) is 6.28. The first kappa shape index (κ1) is 13.2. The first-order chi connectivity index (χ1) is 14.2. The number of fused-ring (bicyclic) bond motifs is 1. The number of nitrogen functional groups attached to an aromatic ring is 1. The first-order valence-corrected chi connectivity index (χ1v) is 8.30. The highest BCUT2D eigenvalue weighted by Gasteiger charge is 2.44. The van der Waals surface area contributed by atoms with Gasteiger partial charge in [-0.3, -0.25) is 9.36 Å². The Morgan fingerprint density at radius 1 is 1.58 bits per heavy atom. The molecule has 0 unspecified atom stereocenters.